The Morgan fingerprint density at radius 3 is 2.68 bits per heavy atom. The van der Waals surface area contributed by atoms with Gasteiger partial charge in [-0.25, -0.2) is 4.98 Å². The molecule has 0 amide bonds. The summed E-state index contributed by atoms with van der Waals surface area (Å²) in [5.41, 5.74) is 3.42. The quantitative estimate of drug-likeness (QED) is 0.712. The Bertz CT molecular complexity index is 1000. The van der Waals surface area contributed by atoms with E-state index in [1.54, 1.807) is 0 Å². The summed E-state index contributed by atoms with van der Waals surface area (Å²) in [6.07, 6.45) is 1.57. The van der Waals surface area contributed by atoms with E-state index in [1.807, 2.05) is 18.2 Å². The van der Waals surface area contributed by atoms with Gasteiger partial charge >= 0.3 is 0 Å². The van der Waals surface area contributed by atoms with Gasteiger partial charge in [0.15, 0.2) is 0 Å². The minimum Gasteiger partial charge on any atom is -0.391 e. The van der Waals surface area contributed by atoms with Crippen molar-refractivity contribution in [3.8, 4) is 0 Å². The van der Waals surface area contributed by atoms with Crippen molar-refractivity contribution in [3.05, 3.63) is 64.9 Å². The second-order valence-corrected chi connectivity index (χ2v) is 8.90. The van der Waals surface area contributed by atoms with Crippen LogP contribution in [-0.2, 0) is 6.54 Å². The molecule has 5 heteroatoms. The van der Waals surface area contributed by atoms with Gasteiger partial charge in [-0.3, -0.25) is 4.90 Å². The maximum atomic E-state index is 11.0. The topological polar surface area (TPSA) is 41.3 Å². The monoisotopic (exact) mass is 395 g/mol. The molecule has 2 heterocycles. The number of hydrogen-bond donors (Lipinski definition) is 1. The van der Waals surface area contributed by atoms with Crippen LogP contribution in [0.3, 0.4) is 0 Å². The number of halogens is 1. The average molecular weight is 396 g/mol. The number of rotatable bonds is 3. The predicted molar refractivity (Wildman–Crippen MR) is 112 cm³/mol. The van der Waals surface area contributed by atoms with Crippen LogP contribution in [0.2, 0.25) is 5.02 Å². The zero-order valence-electron chi connectivity index (χ0n) is 16.1. The second-order valence-electron chi connectivity index (χ2n) is 8.47. The number of aryl methyl sites for hydroxylation is 1. The summed E-state index contributed by atoms with van der Waals surface area (Å²) in [6.45, 7) is 5.14. The molecule has 0 bridgehead atoms. The first-order valence-electron chi connectivity index (χ1n) is 10.2. The molecule has 28 heavy (non-hydrogen) atoms. The molecule has 1 aliphatic heterocycles. The van der Waals surface area contributed by atoms with Crippen molar-refractivity contribution in [2.45, 2.75) is 38.5 Å². The molecular weight excluding hydrogens is 370 g/mol. The Balaban J connectivity index is 1.36. The third-order valence-electron chi connectivity index (χ3n) is 6.58. The van der Waals surface area contributed by atoms with E-state index in [9.17, 15) is 5.11 Å². The number of nitrogens with zero attached hydrogens (tertiary/aromatic N) is 3. The Hall–Kier alpha value is -1.88. The lowest BCUT2D eigenvalue weighted by molar-refractivity contribution is 0.0366. The van der Waals surface area contributed by atoms with E-state index in [0.717, 1.165) is 54.4 Å². The molecule has 1 saturated heterocycles. The summed E-state index contributed by atoms with van der Waals surface area (Å²) < 4.78 is 2.27. The zero-order chi connectivity index (χ0) is 19.3. The molecule has 2 aliphatic rings. The highest BCUT2D eigenvalue weighted by Crippen LogP contribution is 2.43. The predicted octanol–water partition coefficient (Wildman–Crippen LogP) is 4.44. The first kappa shape index (κ1) is 18.2. The molecule has 2 fully saturated rings. The summed E-state index contributed by atoms with van der Waals surface area (Å²) in [5.74, 6) is 2.19. The van der Waals surface area contributed by atoms with Gasteiger partial charge in [-0.2, -0.15) is 0 Å². The van der Waals surface area contributed by atoms with Crippen molar-refractivity contribution in [2.75, 3.05) is 13.1 Å². The van der Waals surface area contributed by atoms with E-state index >= 15 is 0 Å². The summed E-state index contributed by atoms with van der Waals surface area (Å²) in [4.78, 5) is 7.24. The maximum absolute atomic E-state index is 11.0. The third kappa shape index (κ3) is 3.24. The molecule has 0 spiro atoms. The summed E-state index contributed by atoms with van der Waals surface area (Å²) in [6, 6.07) is 16.5. The fourth-order valence-electron chi connectivity index (χ4n) is 5.39. The van der Waals surface area contributed by atoms with E-state index < -0.39 is 0 Å². The molecule has 4 atom stereocenters. The molecule has 0 unspecified atom stereocenters. The summed E-state index contributed by atoms with van der Waals surface area (Å²) >= 11 is 6.15. The van der Waals surface area contributed by atoms with Gasteiger partial charge in [0.25, 0.3) is 0 Å². The molecule has 1 aromatic heterocycles. The maximum Gasteiger partial charge on any atom is 0.107 e. The Morgan fingerprint density at radius 2 is 1.86 bits per heavy atom. The number of aromatic nitrogens is 2. The lowest BCUT2D eigenvalue weighted by Gasteiger charge is -2.36. The fourth-order valence-corrected chi connectivity index (χ4v) is 5.60. The van der Waals surface area contributed by atoms with Gasteiger partial charge in [0.05, 0.1) is 23.2 Å². The Labute approximate surface area is 170 Å². The van der Waals surface area contributed by atoms with E-state index in [-0.39, 0.29) is 12.1 Å². The lowest BCUT2D eigenvalue weighted by Crippen LogP contribution is -2.36. The summed E-state index contributed by atoms with van der Waals surface area (Å²) in [7, 11) is 0. The van der Waals surface area contributed by atoms with Gasteiger partial charge in [0.2, 0.25) is 0 Å². The van der Waals surface area contributed by atoms with Gasteiger partial charge in [0.1, 0.15) is 5.82 Å². The number of hydrogen-bond acceptors (Lipinski definition) is 3. The van der Waals surface area contributed by atoms with Crippen LogP contribution in [0.15, 0.2) is 48.5 Å². The van der Waals surface area contributed by atoms with Crippen LogP contribution in [0.1, 0.15) is 30.3 Å². The van der Waals surface area contributed by atoms with E-state index in [1.165, 1.54) is 5.56 Å². The third-order valence-corrected chi connectivity index (χ3v) is 6.82. The highest BCUT2D eigenvalue weighted by molar-refractivity contribution is 6.30. The van der Waals surface area contributed by atoms with Gasteiger partial charge in [0, 0.05) is 24.7 Å². The van der Waals surface area contributed by atoms with Crippen molar-refractivity contribution in [2.24, 2.45) is 11.8 Å². The van der Waals surface area contributed by atoms with E-state index in [0.29, 0.717) is 11.8 Å². The first-order chi connectivity index (χ1) is 13.6. The van der Waals surface area contributed by atoms with E-state index in [4.69, 9.17) is 16.6 Å². The number of benzene rings is 2. The van der Waals surface area contributed by atoms with Crippen molar-refractivity contribution in [1.29, 1.82) is 0 Å². The Kier molecular flexibility index (Phi) is 4.66. The van der Waals surface area contributed by atoms with Crippen molar-refractivity contribution >= 4 is 22.6 Å². The van der Waals surface area contributed by atoms with Crippen LogP contribution < -0.4 is 0 Å². The van der Waals surface area contributed by atoms with Crippen LogP contribution in [-0.4, -0.2) is 38.8 Å². The van der Waals surface area contributed by atoms with Crippen LogP contribution in [0.4, 0.5) is 0 Å². The van der Waals surface area contributed by atoms with Crippen molar-refractivity contribution in [1.82, 2.24) is 14.5 Å². The molecule has 1 N–H and O–H groups in total. The smallest absolute Gasteiger partial charge is 0.107 e. The number of para-hydroxylation sites is 2. The van der Waals surface area contributed by atoms with Crippen LogP contribution in [0, 0.1) is 18.8 Å². The molecule has 1 aliphatic carbocycles. The molecule has 5 rings (SSSR count). The summed E-state index contributed by atoms with van der Waals surface area (Å²) in [5, 5.41) is 11.8. The molecule has 2 aromatic carbocycles. The van der Waals surface area contributed by atoms with Crippen molar-refractivity contribution < 1.29 is 5.11 Å². The molecular formula is C23H26ClN3O. The number of aliphatic hydroxyl groups is 1. The molecule has 1 saturated carbocycles. The highest BCUT2D eigenvalue weighted by atomic mass is 35.5. The fraction of sp³-hybridized carbons (Fsp3) is 0.435. The highest BCUT2D eigenvalue weighted by Gasteiger charge is 2.42. The SMILES string of the molecule is Cc1nc2ccccc2n1[C@H]1C[C@H]2CN(Cc3cccc(Cl)c3)C[C@H]2C[C@@H]1O. The molecule has 3 aromatic rings. The van der Waals surface area contributed by atoms with Gasteiger partial charge in [-0.15, -0.1) is 0 Å². The van der Waals surface area contributed by atoms with Crippen LogP contribution in [0.25, 0.3) is 11.0 Å². The van der Waals surface area contributed by atoms with Gasteiger partial charge < -0.3 is 9.67 Å². The standard InChI is InChI=1S/C23H26ClN3O/c1-15-25-20-7-2-3-8-21(20)27(15)22-10-17-13-26(14-18(17)11-23(22)28)12-16-5-4-6-19(24)9-16/h2-9,17-18,22-23,28H,10-14H2,1H3/t17-,18+,22-,23-/m0/s1. The van der Waals surface area contributed by atoms with Gasteiger partial charge in [-0.05, 0) is 61.4 Å². The van der Waals surface area contributed by atoms with Crippen molar-refractivity contribution in [3.63, 3.8) is 0 Å². The zero-order valence-corrected chi connectivity index (χ0v) is 16.9. The van der Waals surface area contributed by atoms with Gasteiger partial charge in [-0.1, -0.05) is 35.9 Å². The number of fused-ring (bicyclic) bond motifs is 2. The Morgan fingerprint density at radius 1 is 1.07 bits per heavy atom. The average Bonchev–Trinajstić information content (AvgIpc) is 3.19. The molecule has 4 nitrogen and oxygen atoms in total. The number of aliphatic hydroxyl groups excluding tert-OH is 1. The first-order valence-corrected chi connectivity index (χ1v) is 10.5. The largest absolute Gasteiger partial charge is 0.391 e. The van der Waals surface area contributed by atoms with Crippen LogP contribution in [0.5, 0.6) is 0 Å². The van der Waals surface area contributed by atoms with E-state index in [2.05, 4.69) is 46.7 Å². The molecule has 0 radical (unpaired) electrons. The molecule has 146 valence electrons. The number of likely N-dealkylation sites (tertiary alicyclic amines) is 1. The normalized spacial score (nSPS) is 28.0. The lowest BCUT2D eigenvalue weighted by atomic mass is 9.77. The minimum atomic E-state index is -0.316. The number of imidazole rings is 1. The second kappa shape index (κ2) is 7.18. The minimum absolute atomic E-state index is 0.111. The van der Waals surface area contributed by atoms with Crippen LogP contribution >= 0.6 is 11.6 Å².